The van der Waals surface area contributed by atoms with Gasteiger partial charge in [0.1, 0.15) is 18.5 Å². The molecule has 86 valence electrons. The van der Waals surface area contributed by atoms with Gasteiger partial charge in [-0.2, -0.15) is 13.2 Å². The Morgan fingerprint density at radius 2 is 2.12 bits per heavy atom. The van der Waals surface area contributed by atoms with Gasteiger partial charge in [0.2, 0.25) is 0 Å². The Balaban J connectivity index is 2.73. The molecule has 0 radical (unpaired) electrons. The Labute approximate surface area is 90.7 Å². The molecule has 1 aromatic rings. The maximum absolute atomic E-state index is 12.3. The lowest BCUT2D eigenvalue weighted by Crippen LogP contribution is -2.15. The van der Waals surface area contributed by atoms with Crippen molar-refractivity contribution in [2.45, 2.75) is 12.3 Å². The van der Waals surface area contributed by atoms with Gasteiger partial charge in [0.05, 0.1) is 5.56 Å². The Morgan fingerprint density at radius 1 is 1.44 bits per heavy atom. The van der Waals surface area contributed by atoms with Gasteiger partial charge >= 0.3 is 6.18 Å². The second-order valence-corrected chi connectivity index (χ2v) is 3.02. The van der Waals surface area contributed by atoms with Gasteiger partial charge in [0.25, 0.3) is 0 Å². The normalized spacial score (nSPS) is 12.9. The molecule has 0 saturated heterocycles. The standard InChI is InChI=1S/C11H9F3O2/c1-2-9(15)7-16-10-5-3-4-8(6-10)11(12,13)14/h1,3-6,9,15H,7H2/t9-/m1/s1. The van der Waals surface area contributed by atoms with Gasteiger partial charge in [-0.3, -0.25) is 0 Å². The summed E-state index contributed by atoms with van der Waals surface area (Å²) < 4.78 is 41.8. The van der Waals surface area contributed by atoms with Crippen molar-refractivity contribution in [2.24, 2.45) is 0 Å². The summed E-state index contributed by atoms with van der Waals surface area (Å²) in [7, 11) is 0. The van der Waals surface area contributed by atoms with Crippen LogP contribution in [0.15, 0.2) is 24.3 Å². The predicted molar refractivity (Wildman–Crippen MR) is 51.8 cm³/mol. The number of aliphatic hydroxyl groups is 1. The molecule has 0 amide bonds. The van der Waals surface area contributed by atoms with Crippen molar-refractivity contribution in [3.05, 3.63) is 29.8 Å². The van der Waals surface area contributed by atoms with Gasteiger partial charge < -0.3 is 9.84 Å². The SMILES string of the molecule is C#C[C@@H](O)COc1cccc(C(F)(F)F)c1. The number of terminal acetylenes is 1. The van der Waals surface area contributed by atoms with Crippen LogP contribution in [0.1, 0.15) is 5.56 Å². The molecule has 0 unspecified atom stereocenters. The first-order chi connectivity index (χ1) is 7.43. The summed E-state index contributed by atoms with van der Waals surface area (Å²) in [6.45, 7) is -0.238. The molecule has 0 aliphatic heterocycles. The topological polar surface area (TPSA) is 29.5 Å². The van der Waals surface area contributed by atoms with Crippen LogP contribution in [0, 0.1) is 12.3 Å². The van der Waals surface area contributed by atoms with Gasteiger partial charge in [0.15, 0.2) is 0 Å². The highest BCUT2D eigenvalue weighted by atomic mass is 19.4. The number of aliphatic hydroxyl groups excluding tert-OH is 1. The maximum atomic E-state index is 12.3. The zero-order chi connectivity index (χ0) is 12.2. The summed E-state index contributed by atoms with van der Waals surface area (Å²) in [6.07, 6.45) is -0.667. The van der Waals surface area contributed by atoms with E-state index in [9.17, 15) is 13.2 Å². The van der Waals surface area contributed by atoms with Crippen LogP contribution in [0.4, 0.5) is 13.2 Å². The number of benzene rings is 1. The molecule has 16 heavy (non-hydrogen) atoms. The molecule has 1 rings (SSSR count). The summed E-state index contributed by atoms with van der Waals surface area (Å²) in [5, 5.41) is 8.97. The van der Waals surface area contributed by atoms with Gasteiger partial charge in [-0.25, -0.2) is 0 Å². The number of hydrogen-bond donors (Lipinski definition) is 1. The Hall–Kier alpha value is -1.67. The highest BCUT2D eigenvalue weighted by molar-refractivity contribution is 5.30. The number of hydrogen-bond acceptors (Lipinski definition) is 2. The Morgan fingerprint density at radius 3 is 2.69 bits per heavy atom. The molecule has 0 aliphatic carbocycles. The molecule has 0 spiro atoms. The van der Waals surface area contributed by atoms with E-state index in [1.54, 1.807) is 0 Å². The van der Waals surface area contributed by atoms with Crippen LogP contribution in [0.25, 0.3) is 0 Å². The molecule has 1 aromatic carbocycles. The summed E-state index contributed by atoms with van der Waals surface area (Å²) in [4.78, 5) is 0. The Kier molecular flexibility index (Phi) is 3.80. The quantitative estimate of drug-likeness (QED) is 0.805. The van der Waals surface area contributed by atoms with Gasteiger partial charge in [-0.05, 0) is 18.2 Å². The van der Waals surface area contributed by atoms with Crippen molar-refractivity contribution < 1.29 is 23.0 Å². The second-order valence-electron chi connectivity index (χ2n) is 3.02. The van der Waals surface area contributed by atoms with Crippen LogP contribution < -0.4 is 4.74 Å². The third-order valence-electron chi connectivity index (χ3n) is 1.76. The lowest BCUT2D eigenvalue weighted by Gasteiger charge is -2.10. The van der Waals surface area contributed by atoms with Gasteiger partial charge in [-0.1, -0.05) is 12.0 Å². The lowest BCUT2D eigenvalue weighted by molar-refractivity contribution is -0.137. The average molecular weight is 230 g/mol. The molecule has 0 aliphatic rings. The van der Waals surface area contributed by atoms with Crippen LogP contribution >= 0.6 is 0 Å². The van der Waals surface area contributed by atoms with Crippen LogP contribution in [0.3, 0.4) is 0 Å². The number of halogens is 3. The smallest absolute Gasteiger partial charge is 0.416 e. The van der Waals surface area contributed by atoms with E-state index >= 15 is 0 Å². The zero-order valence-corrected chi connectivity index (χ0v) is 8.16. The monoisotopic (exact) mass is 230 g/mol. The molecule has 0 fully saturated rings. The van der Waals surface area contributed by atoms with Crippen LogP contribution in [-0.2, 0) is 6.18 Å². The number of rotatable bonds is 3. The average Bonchev–Trinajstić information content (AvgIpc) is 2.25. The minimum absolute atomic E-state index is 0.0177. The van der Waals surface area contributed by atoms with E-state index in [1.165, 1.54) is 12.1 Å². The highest BCUT2D eigenvalue weighted by Gasteiger charge is 2.30. The minimum Gasteiger partial charge on any atom is -0.490 e. The van der Waals surface area contributed by atoms with E-state index in [2.05, 4.69) is 0 Å². The van der Waals surface area contributed by atoms with Crippen molar-refractivity contribution in [3.63, 3.8) is 0 Å². The molecule has 1 N–H and O–H groups in total. The van der Waals surface area contributed by atoms with E-state index in [0.717, 1.165) is 12.1 Å². The molecule has 5 heteroatoms. The Bertz CT molecular complexity index is 393. The van der Waals surface area contributed by atoms with E-state index in [0.29, 0.717) is 0 Å². The minimum atomic E-state index is -4.41. The van der Waals surface area contributed by atoms with Crippen molar-refractivity contribution in [3.8, 4) is 18.1 Å². The zero-order valence-electron chi connectivity index (χ0n) is 8.16. The van der Waals surface area contributed by atoms with E-state index < -0.39 is 17.8 Å². The summed E-state index contributed by atoms with van der Waals surface area (Å²) in [6, 6.07) is 4.37. The summed E-state index contributed by atoms with van der Waals surface area (Å²) >= 11 is 0. The molecule has 2 nitrogen and oxygen atoms in total. The van der Waals surface area contributed by atoms with Crippen LogP contribution in [0.2, 0.25) is 0 Å². The van der Waals surface area contributed by atoms with E-state index in [4.69, 9.17) is 16.3 Å². The van der Waals surface area contributed by atoms with Crippen molar-refractivity contribution in [1.82, 2.24) is 0 Å². The van der Waals surface area contributed by atoms with Crippen molar-refractivity contribution in [1.29, 1.82) is 0 Å². The fourth-order valence-corrected chi connectivity index (χ4v) is 0.985. The lowest BCUT2D eigenvalue weighted by atomic mass is 10.2. The van der Waals surface area contributed by atoms with Gasteiger partial charge in [-0.15, -0.1) is 6.42 Å². The van der Waals surface area contributed by atoms with E-state index in [1.807, 2.05) is 5.92 Å². The highest BCUT2D eigenvalue weighted by Crippen LogP contribution is 2.31. The number of ether oxygens (including phenoxy) is 1. The van der Waals surface area contributed by atoms with Crippen molar-refractivity contribution >= 4 is 0 Å². The van der Waals surface area contributed by atoms with Crippen LogP contribution in [0.5, 0.6) is 5.75 Å². The molecule has 0 heterocycles. The first-order valence-corrected chi connectivity index (χ1v) is 4.37. The predicted octanol–water partition coefficient (Wildman–Crippen LogP) is 2.08. The molecular weight excluding hydrogens is 221 g/mol. The van der Waals surface area contributed by atoms with Gasteiger partial charge in [0, 0.05) is 0 Å². The van der Waals surface area contributed by atoms with Crippen molar-refractivity contribution in [2.75, 3.05) is 6.61 Å². The maximum Gasteiger partial charge on any atom is 0.416 e. The third-order valence-corrected chi connectivity index (χ3v) is 1.76. The molecule has 0 aromatic heterocycles. The molecule has 0 bridgehead atoms. The molecule has 1 atom stereocenters. The molecular formula is C11H9F3O2. The fourth-order valence-electron chi connectivity index (χ4n) is 0.985. The summed E-state index contributed by atoms with van der Waals surface area (Å²) in [5.41, 5.74) is -0.805. The van der Waals surface area contributed by atoms with E-state index in [-0.39, 0.29) is 12.4 Å². The second kappa shape index (κ2) is 4.90. The molecule has 0 saturated carbocycles. The largest absolute Gasteiger partial charge is 0.490 e. The number of alkyl halides is 3. The third kappa shape index (κ3) is 3.48. The van der Waals surface area contributed by atoms with Crippen LogP contribution in [-0.4, -0.2) is 17.8 Å². The first-order valence-electron chi connectivity index (χ1n) is 4.37. The fraction of sp³-hybridized carbons (Fsp3) is 0.273. The first kappa shape index (κ1) is 12.4. The summed E-state index contributed by atoms with van der Waals surface area (Å²) in [5.74, 6) is 2.01.